The van der Waals surface area contributed by atoms with Crippen LogP contribution in [0, 0.1) is 18.6 Å². The first kappa shape index (κ1) is 26.8. The second-order valence-electron chi connectivity index (χ2n) is 6.51. The van der Waals surface area contributed by atoms with E-state index in [4.69, 9.17) is 32.0 Å². The van der Waals surface area contributed by atoms with Gasteiger partial charge in [0.25, 0.3) is 0 Å². The van der Waals surface area contributed by atoms with E-state index in [9.17, 15) is 36.6 Å². The lowest BCUT2D eigenvalue weighted by atomic mass is 10.1. The number of alkyl halides is 3. The minimum absolute atomic E-state index is 0.0351. The molecule has 182 valence electrons. The summed E-state index contributed by atoms with van der Waals surface area (Å²) in [7, 11) is 0. The molecule has 0 atom stereocenters. The number of aliphatic carboxylic acids is 1. The maximum Gasteiger partial charge on any atom is 0.490 e. The van der Waals surface area contributed by atoms with Crippen LogP contribution in [0.5, 0.6) is 5.75 Å². The Morgan fingerprint density at radius 1 is 1.12 bits per heavy atom. The van der Waals surface area contributed by atoms with Gasteiger partial charge in [-0.2, -0.15) is 13.2 Å². The van der Waals surface area contributed by atoms with Crippen LogP contribution >= 0.6 is 22.9 Å². The summed E-state index contributed by atoms with van der Waals surface area (Å²) in [6.07, 6.45) is -5.08. The molecule has 7 nitrogen and oxygen atoms in total. The first-order valence-corrected chi connectivity index (χ1v) is 10.00. The zero-order valence-electron chi connectivity index (χ0n) is 16.8. The van der Waals surface area contributed by atoms with Gasteiger partial charge < -0.3 is 20.7 Å². The Morgan fingerprint density at radius 2 is 1.65 bits per heavy atom. The molecule has 0 saturated carbocycles. The van der Waals surface area contributed by atoms with Gasteiger partial charge in [0.05, 0.1) is 5.02 Å². The van der Waals surface area contributed by atoms with E-state index in [1.165, 1.54) is 0 Å². The van der Waals surface area contributed by atoms with Gasteiger partial charge in [-0.1, -0.05) is 17.7 Å². The van der Waals surface area contributed by atoms with Gasteiger partial charge in [0.1, 0.15) is 11.5 Å². The fourth-order valence-electron chi connectivity index (χ4n) is 2.61. The van der Waals surface area contributed by atoms with Gasteiger partial charge in [0.2, 0.25) is 5.91 Å². The van der Waals surface area contributed by atoms with Crippen LogP contribution in [-0.4, -0.2) is 34.2 Å². The number of carbonyl (C=O) groups is 3. The van der Waals surface area contributed by atoms with Crippen molar-refractivity contribution in [1.82, 2.24) is 0 Å². The Labute approximate surface area is 196 Å². The van der Waals surface area contributed by atoms with Gasteiger partial charge in [-0.05, 0) is 30.7 Å². The summed E-state index contributed by atoms with van der Waals surface area (Å²) in [5.41, 5.74) is 5.60. The maximum absolute atomic E-state index is 14.1. The monoisotopic (exact) mass is 525 g/mol. The number of nitrogens with two attached hydrogens (primary N) is 1. The number of hydrogen-bond donors (Lipinski definition) is 3. The number of carbonyl (C=O) groups excluding carboxylic acids is 1. The molecule has 0 bridgehead atoms. The number of fused-ring (bicyclic) bond motifs is 1. The molecule has 3 aromatic rings. The van der Waals surface area contributed by atoms with Gasteiger partial charge in [0.15, 0.2) is 17.4 Å². The van der Waals surface area contributed by atoms with Crippen LogP contribution in [0.2, 0.25) is 5.02 Å². The van der Waals surface area contributed by atoms with Crippen molar-refractivity contribution in [3.05, 3.63) is 62.5 Å². The average Bonchev–Trinajstić information content (AvgIpc) is 3.09. The first-order chi connectivity index (χ1) is 15.6. The molecule has 0 spiro atoms. The number of aromatic carboxylic acids is 1. The van der Waals surface area contributed by atoms with Crippen LogP contribution < -0.4 is 10.5 Å². The highest BCUT2D eigenvalue weighted by atomic mass is 35.5. The van der Waals surface area contributed by atoms with Gasteiger partial charge in [-0.3, -0.25) is 4.79 Å². The summed E-state index contributed by atoms with van der Waals surface area (Å²) < 4.78 is 65.8. The first-order valence-electron chi connectivity index (χ1n) is 8.80. The number of ether oxygens (including phenoxy) is 1. The maximum atomic E-state index is 14.1. The number of aryl methyl sites for hydroxylation is 1. The fraction of sp³-hybridized carbons (Fsp3) is 0.150. The lowest BCUT2D eigenvalue weighted by molar-refractivity contribution is -0.192. The van der Waals surface area contributed by atoms with Crippen LogP contribution in [-0.2, 0) is 11.4 Å². The lowest BCUT2D eigenvalue weighted by Crippen LogP contribution is -2.21. The standard InChI is InChI=1S/C18H12ClF2NO4S.C2HF3O2/c1-7-2-3-12-13(14(7)19)9(16(27-12)18(24)25)6-26-15-10(20)4-8(17(22)23)5-11(15)21;3-2(4,5)1(6)7/h2-5H,6H2,1H3,(H2,22,23)(H,24,25);(H,6,7). The van der Waals surface area contributed by atoms with Crippen LogP contribution in [0.15, 0.2) is 24.3 Å². The molecule has 0 aliphatic heterocycles. The van der Waals surface area contributed by atoms with Crippen LogP contribution in [0.3, 0.4) is 0 Å². The predicted molar refractivity (Wildman–Crippen MR) is 111 cm³/mol. The second kappa shape index (κ2) is 10.2. The average molecular weight is 526 g/mol. The topological polar surface area (TPSA) is 127 Å². The molecule has 14 heteroatoms. The van der Waals surface area contributed by atoms with Crippen LogP contribution in [0.1, 0.15) is 31.2 Å². The zero-order chi connectivity index (χ0) is 26.0. The number of primary amides is 1. The third-order valence-corrected chi connectivity index (χ3v) is 5.84. The number of thiophene rings is 1. The quantitative estimate of drug-likeness (QED) is 0.395. The van der Waals surface area contributed by atoms with Crippen molar-refractivity contribution in [3.63, 3.8) is 0 Å². The Kier molecular flexibility index (Phi) is 8.05. The summed E-state index contributed by atoms with van der Waals surface area (Å²) >= 11 is 7.30. The van der Waals surface area contributed by atoms with E-state index in [1.54, 1.807) is 19.1 Å². The minimum atomic E-state index is -5.08. The van der Waals surface area contributed by atoms with E-state index in [-0.39, 0.29) is 16.0 Å². The number of carboxylic acids is 2. The van der Waals surface area contributed by atoms with Crippen LogP contribution in [0.25, 0.3) is 10.1 Å². The molecule has 1 aromatic heterocycles. The molecular formula is C20H13ClF5NO6S. The molecule has 3 rings (SSSR count). The molecule has 1 amide bonds. The highest BCUT2D eigenvalue weighted by molar-refractivity contribution is 7.21. The van der Waals surface area contributed by atoms with E-state index in [2.05, 4.69) is 0 Å². The predicted octanol–water partition coefficient (Wildman–Crippen LogP) is 5.15. The molecule has 0 saturated heterocycles. The number of hydrogen-bond acceptors (Lipinski definition) is 5. The van der Waals surface area contributed by atoms with Crippen molar-refractivity contribution in [3.8, 4) is 5.75 Å². The van der Waals surface area contributed by atoms with E-state index < -0.39 is 48.0 Å². The molecule has 0 unspecified atom stereocenters. The summed E-state index contributed by atoms with van der Waals surface area (Å²) in [4.78, 5) is 31.5. The number of carboxylic acid groups (broad SMARTS) is 2. The van der Waals surface area contributed by atoms with Crippen molar-refractivity contribution >= 4 is 50.9 Å². The highest BCUT2D eigenvalue weighted by Crippen LogP contribution is 2.38. The lowest BCUT2D eigenvalue weighted by Gasteiger charge is -2.10. The zero-order valence-corrected chi connectivity index (χ0v) is 18.4. The molecule has 34 heavy (non-hydrogen) atoms. The largest absolute Gasteiger partial charge is 0.490 e. The van der Waals surface area contributed by atoms with Crippen molar-refractivity contribution < 1.29 is 51.3 Å². The van der Waals surface area contributed by atoms with Gasteiger partial charge in [-0.25, -0.2) is 18.4 Å². The van der Waals surface area contributed by atoms with E-state index in [0.717, 1.165) is 29.0 Å². The van der Waals surface area contributed by atoms with E-state index >= 15 is 0 Å². The Balaban J connectivity index is 0.000000509. The van der Waals surface area contributed by atoms with E-state index in [0.29, 0.717) is 15.1 Å². The molecule has 0 fully saturated rings. The molecule has 0 radical (unpaired) electrons. The highest BCUT2D eigenvalue weighted by Gasteiger charge is 2.38. The molecule has 4 N–H and O–H groups in total. The van der Waals surface area contributed by atoms with Gasteiger partial charge in [-0.15, -0.1) is 11.3 Å². The Hall–Kier alpha value is -3.45. The third-order valence-electron chi connectivity index (χ3n) is 4.17. The Bertz CT molecular complexity index is 1270. The second-order valence-corrected chi connectivity index (χ2v) is 7.94. The summed E-state index contributed by atoms with van der Waals surface area (Å²) in [6, 6.07) is 4.97. The normalized spacial score (nSPS) is 11.0. The minimum Gasteiger partial charge on any atom is -0.483 e. The van der Waals surface area contributed by atoms with E-state index in [1.807, 2.05) is 0 Å². The van der Waals surface area contributed by atoms with Crippen molar-refractivity contribution in [2.24, 2.45) is 5.73 Å². The summed E-state index contributed by atoms with van der Waals surface area (Å²) in [5.74, 6) is -7.93. The van der Waals surface area contributed by atoms with Crippen molar-refractivity contribution in [2.75, 3.05) is 0 Å². The van der Waals surface area contributed by atoms with Gasteiger partial charge in [0, 0.05) is 21.2 Å². The Morgan fingerprint density at radius 3 is 2.09 bits per heavy atom. The number of benzene rings is 2. The van der Waals surface area contributed by atoms with Gasteiger partial charge >= 0.3 is 18.1 Å². The summed E-state index contributed by atoms with van der Waals surface area (Å²) in [5, 5.41) is 17.4. The van der Waals surface area contributed by atoms with Crippen molar-refractivity contribution in [1.29, 1.82) is 0 Å². The SMILES string of the molecule is Cc1ccc2sc(C(=O)O)c(COc3c(F)cc(C(N)=O)cc3F)c2c1Cl.O=C(O)C(F)(F)F. The smallest absolute Gasteiger partial charge is 0.483 e. The number of halogens is 6. The molecule has 1 heterocycles. The fourth-order valence-corrected chi connectivity index (χ4v) is 4.00. The molecular weight excluding hydrogens is 513 g/mol. The third kappa shape index (κ3) is 5.91. The molecule has 0 aliphatic rings. The molecule has 2 aromatic carbocycles. The van der Waals surface area contributed by atoms with Crippen molar-refractivity contribution in [2.45, 2.75) is 19.7 Å². The number of rotatable bonds is 5. The molecule has 0 aliphatic carbocycles. The number of amides is 1. The van der Waals surface area contributed by atoms with Crippen LogP contribution in [0.4, 0.5) is 22.0 Å². The summed E-state index contributed by atoms with van der Waals surface area (Å²) in [6.45, 7) is 1.33.